The van der Waals surface area contributed by atoms with Crippen LogP contribution in [0.25, 0.3) is 21.9 Å². The van der Waals surface area contributed by atoms with E-state index in [2.05, 4.69) is 25.7 Å². The maximum Gasteiger partial charge on any atom is 0.424 e. The normalized spacial score (nSPS) is 17.0. The number of aryl methyl sites for hydroxylation is 1. The molecule has 0 saturated heterocycles. The van der Waals surface area contributed by atoms with Crippen molar-refractivity contribution in [2.75, 3.05) is 15.5 Å². The van der Waals surface area contributed by atoms with Gasteiger partial charge in [-0.15, -0.1) is 0 Å². The SMILES string of the molecule is CCC1[C@H](C(=O)Nc2cc3cc(-c4cncc(N(C(=O)OC(C)(C)C)C(=O)OC(C)(C)C)c4C)c(F)c(NC(=O)OC(C)(C)C)c3cn2)[C@H]1c1cnn(C)c1. The number of aromatic nitrogens is 4. The summed E-state index contributed by atoms with van der Waals surface area (Å²) in [4.78, 5) is 63.1. The van der Waals surface area contributed by atoms with Gasteiger partial charge in [-0.2, -0.15) is 10.00 Å². The lowest BCUT2D eigenvalue weighted by atomic mass is 9.97. The van der Waals surface area contributed by atoms with Gasteiger partial charge in [-0.1, -0.05) is 13.3 Å². The lowest BCUT2D eigenvalue weighted by molar-refractivity contribution is -0.117. The highest BCUT2D eigenvalue weighted by Gasteiger charge is 2.54. The molecule has 1 saturated carbocycles. The summed E-state index contributed by atoms with van der Waals surface area (Å²) >= 11 is 0. The van der Waals surface area contributed by atoms with Gasteiger partial charge >= 0.3 is 18.3 Å². The van der Waals surface area contributed by atoms with Crippen molar-refractivity contribution in [1.82, 2.24) is 19.7 Å². The van der Waals surface area contributed by atoms with E-state index >= 15 is 4.39 Å². The van der Waals surface area contributed by atoms with Crippen LogP contribution in [0.1, 0.15) is 92.7 Å². The second-order valence-corrected chi connectivity index (χ2v) is 16.7. The van der Waals surface area contributed by atoms with Crippen molar-refractivity contribution in [3.8, 4) is 11.1 Å². The van der Waals surface area contributed by atoms with E-state index in [1.165, 1.54) is 24.7 Å². The maximum absolute atomic E-state index is 16.9. The Labute approximate surface area is 320 Å². The summed E-state index contributed by atoms with van der Waals surface area (Å²) in [6.45, 7) is 18.6. The summed E-state index contributed by atoms with van der Waals surface area (Å²) in [7, 11) is 1.83. The van der Waals surface area contributed by atoms with Crippen LogP contribution in [0.3, 0.4) is 0 Å². The Bertz CT molecular complexity index is 2120. The molecule has 3 atom stereocenters. The van der Waals surface area contributed by atoms with Crippen LogP contribution in [0, 0.1) is 24.6 Å². The van der Waals surface area contributed by atoms with Gasteiger partial charge in [0.25, 0.3) is 0 Å². The molecule has 1 aliphatic rings. The second kappa shape index (κ2) is 14.9. The lowest BCUT2D eigenvalue weighted by Crippen LogP contribution is -2.44. The van der Waals surface area contributed by atoms with Crippen LogP contribution in [-0.4, -0.2) is 60.7 Å². The van der Waals surface area contributed by atoms with E-state index < -0.39 is 40.9 Å². The number of hydrogen-bond donors (Lipinski definition) is 2. The Morgan fingerprint density at radius 2 is 1.47 bits per heavy atom. The van der Waals surface area contributed by atoms with Gasteiger partial charge in [-0.25, -0.2) is 23.8 Å². The van der Waals surface area contributed by atoms with Crippen molar-refractivity contribution < 1.29 is 37.8 Å². The van der Waals surface area contributed by atoms with Gasteiger partial charge in [-0.3, -0.25) is 19.8 Å². The number of benzene rings is 1. The van der Waals surface area contributed by atoms with Crippen LogP contribution >= 0.6 is 0 Å². The topological polar surface area (TPSA) is 167 Å². The molecule has 1 unspecified atom stereocenters. The minimum atomic E-state index is -1.02. The zero-order valence-corrected chi connectivity index (χ0v) is 33.5. The highest BCUT2D eigenvalue weighted by Crippen LogP contribution is 2.56. The molecule has 1 aliphatic carbocycles. The molecule has 4 amide bonds. The molecule has 55 heavy (non-hydrogen) atoms. The van der Waals surface area contributed by atoms with Crippen molar-refractivity contribution in [2.45, 2.75) is 105 Å². The largest absolute Gasteiger partial charge is 0.444 e. The van der Waals surface area contributed by atoms with Crippen LogP contribution in [0.2, 0.25) is 0 Å². The number of anilines is 3. The number of imide groups is 1. The van der Waals surface area contributed by atoms with Gasteiger partial charge in [-0.05, 0) is 104 Å². The molecule has 15 heteroatoms. The molecule has 1 aromatic carbocycles. The summed E-state index contributed by atoms with van der Waals surface area (Å²) < 4.78 is 35.2. The molecule has 294 valence electrons. The number of amides is 4. The molecular formula is C40H50FN7O7. The first kappa shape index (κ1) is 40.6. The minimum Gasteiger partial charge on any atom is -0.444 e. The van der Waals surface area contributed by atoms with Crippen LogP contribution in [0.4, 0.5) is 36.0 Å². The second-order valence-electron chi connectivity index (χ2n) is 16.7. The molecule has 14 nitrogen and oxygen atoms in total. The number of rotatable bonds is 7. The zero-order valence-electron chi connectivity index (χ0n) is 33.5. The van der Waals surface area contributed by atoms with E-state index in [0.29, 0.717) is 5.39 Å². The molecule has 2 N–H and O–H groups in total. The standard InChI is InChI=1S/C40H50FN7O7/c1-13-24-30(23-16-44-47(12)20-23)31(24)34(49)45-29-15-22-14-25(32(41)33(27(22)18-43-29)46-35(50)53-38(3,4)5)26-17-42-19-28(21(26)2)48(36(51)54-39(6,7)8)37(52)55-40(9,10)11/h14-20,24,30-31H,13H2,1-12H3,(H,46,50)(H,43,45,49)/t24?,30-,31-/m0/s1. The summed E-state index contributed by atoms with van der Waals surface area (Å²) in [6, 6.07) is 3.10. The summed E-state index contributed by atoms with van der Waals surface area (Å²) in [5.74, 6) is -0.974. The predicted molar refractivity (Wildman–Crippen MR) is 206 cm³/mol. The summed E-state index contributed by atoms with van der Waals surface area (Å²) in [6.07, 6.45) is 5.56. The number of hydrogen-bond acceptors (Lipinski definition) is 10. The average molecular weight is 760 g/mol. The molecule has 1 fully saturated rings. The first-order valence-corrected chi connectivity index (χ1v) is 18.1. The molecule has 4 aromatic rings. The average Bonchev–Trinajstić information content (AvgIpc) is 3.62. The van der Waals surface area contributed by atoms with Gasteiger partial charge in [0.1, 0.15) is 22.6 Å². The monoisotopic (exact) mass is 759 g/mol. The maximum atomic E-state index is 16.9. The Morgan fingerprint density at radius 1 is 0.855 bits per heavy atom. The fraction of sp³-hybridized carbons (Fsp3) is 0.475. The van der Waals surface area contributed by atoms with E-state index in [1.54, 1.807) is 86.2 Å². The Hall–Kier alpha value is -5.60. The van der Waals surface area contributed by atoms with Gasteiger partial charge in [0.15, 0.2) is 5.82 Å². The minimum absolute atomic E-state index is 0.0112. The summed E-state index contributed by atoms with van der Waals surface area (Å²) in [5, 5.41) is 10.4. The van der Waals surface area contributed by atoms with E-state index in [-0.39, 0.29) is 62.9 Å². The van der Waals surface area contributed by atoms with Crippen molar-refractivity contribution in [1.29, 1.82) is 0 Å². The van der Waals surface area contributed by atoms with Crippen molar-refractivity contribution >= 4 is 52.2 Å². The lowest BCUT2D eigenvalue weighted by Gasteiger charge is -2.29. The van der Waals surface area contributed by atoms with E-state index in [1.807, 2.05) is 20.2 Å². The highest BCUT2D eigenvalue weighted by molar-refractivity contribution is 6.11. The van der Waals surface area contributed by atoms with Crippen LogP contribution in [0.5, 0.6) is 0 Å². The van der Waals surface area contributed by atoms with Gasteiger partial charge in [0.2, 0.25) is 5.91 Å². The van der Waals surface area contributed by atoms with Crippen molar-refractivity contribution in [3.63, 3.8) is 0 Å². The Morgan fingerprint density at radius 3 is 2.02 bits per heavy atom. The predicted octanol–water partition coefficient (Wildman–Crippen LogP) is 8.88. The number of ether oxygens (including phenoxy) is 3. The zero-order chi connectivity index (χ0) is 40.8. The van der Waals surface area contributed by atoms with Crippen molar-refractivity contribution in [3.05, 3.63) is 60.1 Å². The molecule has 0 radical (unpaired) electrons. The fourth-order valence-electron chi connectivity index (χ4n) is 6.48. The first-order valence-electron chi connectivity index (χ1n) is 18.1. The molecule has 0 spiro atoms. The molecule has 3 aromatic heterocycles. The van der Waals surface area contributed by atoms with Crippen LogP contribution in [-0.2, 0) is 26.1 Å². The van der Waals surface area contributed by atoms with E-state index in [9.17, 15) is 19.2 Å². The quantitative estimate of drug-likeness (QED) is 0.174. The fourth-order valence-corrected chi connectivity index (χ4v) is 6.48. The summed E-state index contributed by atoms with van der Waals surface area (Å²) in [5.41, 5.74) is -1.67. The van der Waals surface area contributed by atoms with Crippen LogP contribution < -0.4 is 15.5 Å². The number of carbonyl (C=O) groups is 4. The highest BCUT2D eigenvalue weighted by atomic mass is 19.1. The third-order valence-electron chi connectivity index (χ3n) is 8.76. The molecular weight excluding hydrogens is 709 g/mol. The number of pyridine rings is 2. The third-order valence-corrected chi connectivity index (χ3v) is 8.76. The Kier molecular flexibility index (Phi) is 11.0. The Balaban J connectivity index is 1.61. The molecule has 0 aliphatic heterocycles. The van der Waals surface area contributed by atoms with Gasteiger partial charge in [0, 0.05) is 54.0 Å². The number of fused-ring (bicyclic) bond motifs is 1. The smallest absolute Gasteiger partial charge is 0.424 e. The van der Waals surface area contributed by atoms with Gasteiger partial charge < -0.3 is 19.5 Å². The molecule has 0 bridgehead atoms. The number of nitrogens with one attached hydrogen (secondary N) is 2. The number of nitrogens with zero attached hydrogens (tertiary/aromatic N) is 5. The van der Waals surface area contributed by atoms with E-state index in [0.717, 1.165) is 16.9 Å². The van der Waals surface area contributed by atoms with E-state index in [4.69, 9.17) is 14.2 Å². The number of halogens is 1. The number of carbonyl (C=O) groups excluding carboxylic acids is 4. The molecule has 3 heterocycles. The third kappa shape index (κ3) is 9.38. The van der Waals surface area contributed by atoms with Gasteiger partial charge in [0.05, 0.1) is 23.8 Å². The van der Waals surface area contributed by atoms with Crippen LogP contribution in [0.15, 0.2) is 43.1 Å². The van der Waals surface area contributed by atoms with Crippen molar-refractivity contribution in [2.24, 2.45) is 18.9 Å². The molecule has 5 rings (SSSR count). The first-order chi connectivity index (χ1) is 25.5.